The van der Waals surface area contributed by atoms with E-state index in [1.54, 1.807) is 0 Å². The molecular weight excluding hydrogens is 196 g/mol. The number of benzene rings is 1. The third-order valence-electron chi connectivity index (χ3n) is 4.44. The van der Waals surface area contributed by atoms with Gasteiger partial charge in [0.2, 0.25) is 0 Å². The van der Waals surface area contributed by atoms with E-state index >= 15 is 0 Å². The maximum Gasteiger partial charge on any atom is 0.0930 e. The van der Waals surface area contributed by atoms with Gasteiger partial charge < -0.3 is 5.11 Å². The maximum absolute atomic E-state index is 10.9. The smallest absolute Gasteiger partial charge is 0.0930 e. The van der Waals surface area contributed by atoms with Gasteiger partial charge in [0.15, 0.2) is 0 Å². The summed E-state index contributed by atoms with van der Waals surface area (Å²) >= 11 is 0. The maximum atomic E-state index is 10.9. The van der Waals surface area contributed by atoms with Crippen molar-refractivity contribution in [3.8, 4) is 0 Å². The van der Waals surface area contributed by atoms with Crippen molar-refractivity contribution in [2.75, 3.05) is 0 Å². The van der Waals surface area contributed by atoms with Crippen LogP contribution in [0.5, 0.6) is 0 Å². The van der Waals surface area contributed by atoms with E-state index in [0.29, 0.717) is 0 Å². The summed E-state index contributed by atoms with van der Waals surface area (Å²) in [4.78, 5) is 0. The standard InChI is InChI=1S/C15H22O/c1-5-14(4)10-15(16,11(2)3)13-9-7-6-8-12(13)14/h6-9,11,16H,5,10H2,1-4H3/t14-,15-/m1/s1. The predicted octanol–water partition coefficient (Wildman–Crippen LogP) is 3.60. The van der Waals surface area contributed by atoms with Crippen molar-refractivity contribution in [2.24, 2.45) is 5.92 Å². The molecule has 2 rings (SSSR count). The van der Waals surface area contributed by atoms with Crippen LogP contribution in [0.3, 0.4) is 0 Å². The molecule has 1 aliphatic carbocycles. The van der Waals surface area contributed by atoms with Crippen LogP contribution in [-0.2, 0) is 11.0 Å². The van der Waals surface area contributed by atoms with E-state index < -0.39 is 5.60 Å². The Kier molecular flexibility index (Phi) is 2.62. The Balaban J connectivity index is 2.60. The minimum absolute atomic E-state index is 0.135. The Morgan fingerprint density at radius 1 is 1.25 bits per heavy atom. The molecule has 0 fully saturated rings. The molecule has 88 valence electrons. The van der Waals surface area contributed by atoms with E-state index in [1.165, 1.54) is 5.56 Å². The van der Waals surface area contributed by atoms with Gasteiger partial charge in [-0.15, -0.1) is 0 Å². The molecule has 0 spiro atoms. The van der Waals surface area contributed by atoms with Gasteiger partial charge in [-0.2, -0.15) is 0 Å². The van der Waals surface area contributed by atoms with Crippen LogP contribution in [0, 0.1) is 5.92 Å². The van der Waals surface area contributed by atoms with Gasteiger partial charge in [0.1, 0.15) is 0 Å². The predicted molar refractivity (Wildman–Crippen MR) is 67.4 cm³/mol. The molecule has 0 aromatic heterocycles. The summed E-state index contributed by atoms with van der Waals surface area (Å²) in [6.45, 7) is 8.70. The van der Waals surface area contributed by atoms with Crippen LogP contribution in [0.2, 0.25) is 0 Å². The summed E-state index contributed by atoms with van der Waals surface area (Å²) in [6.07, 6.45) is 1.94. The summed E-state index contributed by atoms with van der Waals surface area (Å²) in [5.74, 6) is 0.266. The molecule has 1 aromatic rings. The fraction of sp³-hybridized carbons (Fsp3) is 0.600. The first-order chi connectivity index (χ1) is 7.44. The first-order valence-corrected chi connectivity index (χ1v) is 6.26. The molecule has 1 aliphatic rings. The zero-order valence-electron chi connectivity index (χ0n) is 10.7. The summed E-state index contributed by atoms with van der Waals surface area (Å²) in [7, 11) is 0. The highest BCUT2D eigenvalue weighted by Crippen LogP contribution is 2.52. The molecule has 0 radical (unpaired) electrons. The molecular formula is C15H22O. The fourth-order valence-electron chi connectivity index (χ4n) is 3.00. The second-order valence-corrected chi connectivity index (χ2v) is 5.72. The van der Waals surface area contributed by atoms with Gasteiger partial charge in [0.05, 0.1) is 5.60 Å². The summed E-state index contributed by atoms with van der Waals surface area (Å²) in [5.41, 5.74) is 1.99. The lowest BCUT2D eigenvalue weighted by Gasteiger charge is -2.31. The Labute approximate surface area is 98.5 Å². The Morgan fingerprint density at radius 3 is 2.31 bits per heavy atom. The summed E-state index contributed by atoms with van der Waals surface area (Å²) in [5, 5.41) is 10.9. The minimum atomic E-state index is -0.638. The highest BCUT2D eigenvalue weighted by Gasteiger charge is 2.49. The topological polar surface area (TPSA) is 20.2 Å². The number of rotatable bonds is 2. The summed E-state index contributed by atoms with van der Waals surface area (Å²) in [6, 6.07) is 8.39. The highest BCUT2D eigenvalue weighted by atomic mass is 16.3. The van der Waals surface area contributed by atoms with Gasteiger partial charge in [-0.25, -0.2) is 0 Å². The zero-order valence-corrected chi connectivity index (χ0v) is 10.7. The van der Waals surface area contributed by atoms with E-state index in [0.717, 1.165) is 18.4 Å². The lowest BCUT2D eigenvalue weighted by molar-refractivity contribution is -0.0212. The van der Waals surface area contributed by atoms with Crippen LogP contribution in [0.4, 0.5) is 0 Å². The second-order valence-electron chi connectivity index (χ2n) is 5.72. The third-order valence-corrected chi connectivity index (χ3v) is 4.44. The van der Waals surface area contributed by atoms with Crippen LogP contribution in [-0.4, -0.2) is 5.11 Å². The van der Waals surface area contributed by atoms with E-state index in [2.05, 4.69) is 45.9 Å². The third kappa shape index (κ3) is 1.41. The first-order valence-electron chi connectivity index (χ1n) is 6.26. The van der Waals surface area contributed by atoms with Gasteiger partial charge in [-0.3, -0.25) is 0 Å². The van der Waals surface area contributed by atoms with Crippen molar-refractivity contribution in [1.29, 1.82) is 0 Å². The minimum Gasteiger partial charge on any atom is -0.385 e. The Bertz CT molecular complexity index is 396. The number of fused-ring (bicyclic) bond motifs is 1. The normalized spacial score (nSPS) is 33.1. The monoisotopic (exact) mass is 218 g/mol. The Morgan fingerprint density at radius 2 is 1.81 bits per heavy atom. The highest BCUT2D eigenvalue weighted by molar-refractivity contribution is 5.44. The van der Waals surface area contributed by atoms with E-state index in [1.807, 2.05) is 6.07 Å². The van der Waals surface area contributed by atoms with Gasteiger partial charge in [-0.05, 0) is 35.3 Å². The molecule has 1 aromatic carbocycles. The van der Waals surface area contributed by atoms with Crippen molar-refractivity contribution in [2.45, 2.75) is 51.6 Å². The van der Waals surface area contributed by atoms with Crippen molar-refractivity contribution in [3.63, 3.8) is 0 Å². The number of aliphatic hydroxyl groups is 1. The van der Waals surface area contributed by atoms with E-state index in [9.17, 15) is 5.11 Å². The van der Waals surface area contributed by atoms with Gasteiger partial charge in [0.25, 0.3) is 0 Å². The molecule has 0 heterocycles. The second kappa shape index (κ2) is 3.59. The molecule has 0 saturated heterocycles. The SMILES string of the molecule is CC[C@]1(C)C[C@@](O)(C(C)C)c2ccccc21. The van der Waals surface area contributed by atoms with Gasteiger partial charge >= 0.3 is 0 Å². The molecule has 0 aliphatic heterocycles. The molecule has 2 atom stereocenters. The molecule has 1 nitrogen and oxygen atoms in total. The molecule has 0 amide bonds. The van der Waals surface area contributed by atoms with Crippen molar-refractivity contribution >= 4 is 0 Å². The first kappa shape index (κ1) is 11.7. The molecule has 16 heavy (non-hydrogen) atoms. The van der Waals surface area contributed by atoms with Gasteiger partial charge in [0, 0.05) is 0 Å². The van der Waals surface area contributed by atoms with E-state index in [4.69, 9.17) is 0 Å². The lowest BCUT2D eigenvalue weighted by atomic mass is 9.78. The van der Waals surface area contributed by atoms with Crippen molar-refractivity contribution in [1.82, 2.24) is 0 Å². The number of hydrogen-bond acceptors (Lipinski definition) is 1. The van der Waals surface area contributed by atoms with Crippen LogP contribution >= 0.6 is 0 Å². The van der Waals surface area contributed by atoms with Gasteiger partial charge in [-0.1, -0.05) is 52.0 Å². The molecule has 0 bridgehead atoms. The molecule has 0 unspecified atom stereocenters. The fourth-order valence-corrected chi connectivity index (χ4v) is 3.00. The van der Waals surface area contributed by atoms with E-state index in [-0.39, 0.29) is 11.3 Å². The quantitative estimate of drug-likeness (QED) is 0.804. The Hall–Kier alpha value is -0.820. The molecule has 0 saturated carbocycles. The summed E-state index contributed by atoms with van der Waals surface area (Å²) < 4.78 is 0. The van der Waals surface area contributed by atoms with Crippen LogP contribution in [0.1, 0.15) is 51.7 Å². The molecule has 1 N–H and O–H groups in total. The largest absolute Gasteiger partial charge is 0.385 e. The average Bonchev–Trinajstić information content (AvgIpc) is 2.51. The zero-order chi connectivity index (χ0) is 12.0. The van der Waals surface area contributed by atoms with Crippen molar-refractivity contribution in [3.05, 3.63) is 35.4 Å². The lowest BCUT2D eigenvalue weighted by Crippen LogP contribution is -2.31. The molecule has 1 heteroatoms. The van der Waals surface area contributed by atoms with Crippen LogP contribution < -0.4 is 0 Å². The average molecular weight is 218 g/mol. The van der Waals surface area contributed by atoms with Crippen molar-refractivity contribution < 1.29 is 5.11 Å². The van der Waals surface area contributed by atoms with Crippen LogP contribution in [0.15, 0.2) is 24.3 Å². The van der Waals surface area contributed by atoms with Crippen LogP contribution in [0.25, 0.3) is 0 Å². The number of hydrogen-bond donors (Lipinski definition) is 1.